The van der Waals surface area contributed by atoms with Crippen molar-refractivity contribution in [2.45, 2.75) is 65.1 Å². The first-order valence-corrected chi connectivity index (χ1v) is 10.1. The van der Waals surface area contributed by atoms with E-state index in [0.29, 0.717) is 6.42 Å². The number of hydrogen-bond acceptors (Lipinski definition) is 4. The molecule has 2 aliphatic heterocycles. The third-order valence-electron chi connectivity index (χ3n) is 5.91. The number of aromatic amines is 1. The summed E-state index contributed by atoms with van der Waals surface area (Å²) in [4.78, 5) is 36.0. The van der Waals surface area contributed by atoms with Crippen LogP contribution in [0.2, 0.25) is 0 Å². The van der Waals surface area contributed by atoms with E-state index in [9.17, 15) is 9.59 Å². The minimum absolute atomic E-state index is 0.0490. The molecular formula is C20H32N4O3. The van der Waals surface area contributed by atoms with Gasteiger partial charge < -0.3 is 19.5 Å². The molecule has 2 fully saturated rings. The van der Waals surface area contributed by atoms with E-state index in [-0.39, 0.29) is 23.3 Å². The molecule has 0 aromatic carbocycles. The number of amides is 2. The summed E-state index contributed by atoms with van der Waals surface area (Å²) in [5.41, 5.74) is 1.21. The van der Waals surface area contributed by atoms with Crippen molar-refractivity contribution in [3.05, 3.63) is 18.2 Å². The first-order valence-electron chi connectivity index (χ1n) is 10.1. The lowest BCUT2D eigenvalue weighted by atomic mass is 9.72. The van der Waals surface area contributed by atoms with Crippen LogP contribution >= 0.6 is 0 Å². The van der Waals surface area contributed by atoms with E-state index in [1.807, 2.05) is 36.8 Å². The minimum Gasteiger partial charge on any atom is -0.366 e. The third kappa shape index (κ3) is 4.89. The number of carbonyl (C=O) groups excluding carboxylic acids is 2. The number of aromatic nitrogens is 2. The maximum atomic E-state index is 12.6. The highest BCUT2D eigenvalue weighted by Gasteiger charge is 2.42. The highest BCUT2D eigenvalue weighted by atomic mass is 16.5. The number of piperidine rings is 2. The summed E-state index contributed by atoms with van der Waals surface area (Å²) < 4.78 is 5.65. The van der Waals surface area contributed by atoms with E-state index in [4.69, 9.17) is 4.74 Å². The van der Waals surface area contributed by atoms with Crippen molar-refractivity contribution in [1.29, 1.82) is 0 Å². The lowest BCUT2D eigenvalue weighted by Gasteiger charge is -2.47. The van der Waals surface area contributed by atoms with Crippen LogP contribution in [0, 0.1) is 5.41 Å². The number of nitrogens with zero attached hydrogens (tertiary/aromatic N) is 3. The van der Waals surface area contributed by atoms with Crippen molar-refractivity contribution in [3.63, 3.8) is 0 Å². The van der Waals surface area contributed by atoms with Gasteiger partial charge in [0.15, 0.2) is 0 Å². The van der Waals surface area contributed by atoms with Gasteiger partial charge in [0.05, 0.1) is 12.4 Å². The number of imidazole rings is 1. The maximum absolute atomic E-state index is 12.6. The standard InChI is InChI=1S/C20H32N4O3/c1-15(2)27-16(3)19(26)23-10-7-20(8-11-23)6-4-18(25)24(13-20)9-5-17-12-21-14-22-17/h12,14-16H,4-11,13H2,1-3H3,(H,21,22). The average molecular weight is 377 g/mol. The molecule has 0 saturated carbocycles. The van der Waals surface area contributed by atoms with Gasteiger partial charge in [-0.1, -0.05) is 0 Å². The van der Waals surface area contributed by atoms with Gasteiger partial charge in [-0.25, -0.2) is 4.98 Å². The molecule has 1 N–H and O–H groups in total. The number of ether oxygens (including phenoxy) is 1. The van der Waals surface area contributed by atoms with Gasteiger partial charge in [0, 0.05) is 50.9 Å². The smallest absolute Gasteiger partial charge is 0.251 e. The van der Waals surface area contributed by atoms with Gasteiger partial charge in [-0.2, -0.15) is 0 Å². The Morgan fingerprint density at radius 3 is 2.67 bits per heavy atom. The molecule has 7 nitrogen and oxygen atoms in total. The molecule has 3 heterocycles. The normalized spacial score (nSPS) is 21.1. The first-order chi connectivity index (χ1) is 12.9. The van der Waals surface area contributed by atoms with Crippen LogP contribution in [0.5, 0.6) is 0 Å². The predicted molar refractivity (Wildman–Crippen MR) is 102 cm³/mol. The molecule has 1 unspecified atom stereocenters. The summed E-state index contributed by atoms with van der Waals surface area (Å²) in [6.45, 7) is 8.78. The second-order valence-electron chi connectivity index (χ2n) is 8.29. The van der Waals surface area contributed by atoms with Crippen LogP contribution in [0.1, 0.15) is 52.1 Å². The number of nitrogens with one attached hydrogen (secondary N) is 1. The summed E-state index contributed by atoms with van der Waals surface area (Å²) in [6.07, 6.45) is 7.42. The van der Waals surface area contributed by atoms with Crippen LogP contribution in [-0.4, -0.2) is 70.0 Å². The Hall–Kier alpha value is -1.89. The fraction of sp³-hybridized carbons (Fsp3) is 0.750. The number of rotatable bonds is 6. The quantitative estimate of drug-likeness (QED) is 0.824. The van der Waals surface area contributed by atoms with Gasteiger partial charge in [-0.15, -0.1) is 0 Å². The van der Waals surface area contributed by atoms with E-state index in [0.717, 1.165) is 57.6 Å². The lowest BCUT2D eigenvalue weighted by Crippen LogP contribution is -2.53. The molecule has 0 aliphatic carbocycles. The summed E-state index contributed by atoms with van der Waals surface area (Å²) in [5.74, 6) is 0.333. The van der Waals surface area contributed by atoms with Gasteiger partial charge in [-0.3, -0.25) is 9.59 Å². The Labute approximate surface area is 161 Å². The molecule has 3 rings (SSSR count). The summed E-state index contributed by atoms with van der Waals surface area (Å²) >= 11 is 0. The molecule has 0 radical (unpaired) electrons. The van der Waals surface area contributed by atoms with E-state index in [2.05, 4.69) is 9.97 Å². The fourth-order valence-electron chi connectivity index (χ4n) is 4.32. The second-order valence-corrected chi connectivity index (χ2v) is 8.29. The lowest BCUT2D eigenvalue weighted by molar-refractivity contribution is -0.150. The zero-order valence-corrected chi connectivity index (χ0v) is 16.7. The monoisotopic (exact) mass is 376 g/mol. The van der Waals surface area contributed by atoms with Crippen molar-refractivity contribution in [3.8, 4) is 0 Å². The van der Waals surface area contributed by atoms with E-state index < -0.39 is 6.10 Å². The van der Waals surface area contributed by atoms with Crippen LogP contribution in [0.25, 0.3) is 0 Å². The molecule has 2 amide bonds. The minimum atomic E-state index is -0.391. The van der Waals surface area contributed by atoms with Gasteiger partial charge in [-0.05, 0) is 45.4 Å². The molecule has 1 aromatic rings. The van der Waals surface area contributed by atoms with E-state index in [1.165, 1.54) is 0 Å². The van der Waals surface area contributed by atoms with Gasteiger partial charge in [0.25, 0.3) is 5.91 Å². The Bertz CT molecular complexity index is 636. The molecule has 1 aromatic heterocycles. The van der Waals surface area contributed by atoms with Gasteiger partial charge in [0.2, 0.25) is 5.91 Å². The Balaban J connectivity index is 1.53. The van der Waals surface area contributed by atoms with Crippen molar-refractivity contribution < 1.29 is 14.3 Å². The average Bonchev–Trinajstić information content (AvgIpc) is 3.16. The molecular weight excluding hydrogens is 344 g/mol. The molecule has 1 spiro atoms. The fourth-order valence-corrected chi connectivity index (χ4v) is 4.32. The Morgan fingerprint density at radius 1 is 1.30 bits per heavy atom. The topological polar surface area (TPSA) is 78.5 Å². The van der Waals surface area contributed by atoms with Crippen LogP contribution < -0.4 is 0 Å². The van der Waals surface area contributed by atoms with Gasteiger partial charge >= 0.3 is 0 Å². The van der Waals surface area contributed by atoms with Gasteiger partial charge in [0.1, 0.15) is 6.10 Å². The highest BCUT2D eigenvalue weighted by molar-refractivity contribution is 5.80. The Morgan fingerprint density at radius 2 is 2.04 bits per heavy atom. The number of H-pyrrole nitrogens is 1. The van der Waals surface area contributed by atoms with E-state index in [1.54, 1.807) is 6.33 Å². The molecule has 150 valence electrons. The summed E-state index contributed by atoms with van der Waals surface area (Å²) in [7, 11) is 0. The predicted octanol–water partition coefficient (Wildman–Crippen LogP) is 2.00. The summed E-state index contributed by atoms with van der Waals surface area (Å²) in [5, 5.41) is 0. The maximum Gasteiger partial charge on any atom is 0.251 e. The second kappa shape index (κ2) is 8.42. The zero-order valence-electron chi connectivity index (χ0n) is 16.7. The molecule has 2 aliphatic rings. The Kier molecular flexibility index (Phi) is 6.19. The largest absolute Gasteiger partial charge is 0.366 e. The molecule has 1 atom stereocenters. The van der Waals surface area contributed by atoms with E-state index >= 15 is 0 Å². The first kappa shape index (κ1) is 19.9. The van der Waals surface area contributed by atoms with Crippen molar-refractivity contribution in [1.82, 2.24) is 19.8 Å². The van der Waals surface area contributed by atoms with Crippen molar-refractivity contribution in [2.24, 2.45) is 5.41 Å². The molecule has 0 bridgehead atoms. The zero-order chi connectivity index (χ0) is 19.4. The highest BCUT2D eigenvalue weighted by Crippen LogP contribution is 2.40. The number of carbonyl (C=O) groups is 2. The van der Waals surface area contributed by atoms with Crippen LogP contribution in [-0.2, 0) is 20.7 Å². The van der Waals surface area contributed by atoms with Crippen molar-refractivity contribution in [2.75, 3.05) is 26.2 Å². The molecule has 2 saturated heterocycles. The van der Waals surface area contributed by atoms with Crippen LogP contribution in [0.3, 0.4) is 0 Å². The third-order valence-corrected chi connectivity index (χ3v) is 5.91. The summed E-state index contributed by atoms with van der Waals surface area (Å²) in [6, 6.07) is 0. The SMILES string of the molecule is CC(C)OC(C)C(=O)N1CCC2(CCC(=O)N(CCc3cnc[nH]3)C2)CC1. The number of hydrogen-bond donors (Lipinski definition) is 1. The van der Waals surface area contributed by atoms with Crippen molar-refractivity contribution >= 4 is 11.8 Å². The molecule has 7 heteroatoms. The van der Waals surface area contributed by atoms with Crippen LogP contribution in [0.15, 0.2) is 12.5 Å². The molecule has 27 heavy (non-hydrogen) atoms. The van der Waals surface area contributed by atoms with Crippen LogP contribution in [0.4, 0.5) is 0 Å². The number of likely N-dealkylation sites (tertiary alicyclic amines) is 2.